The summed E-state index contributed by atoms with van der Waals surface area (Å²) in [4.78, 5) is 46.0. The van der Waals surface area contributed by atoms with Crippen LogP contribution in [0.2, 0.25) is 0 Å². The minimum atomic E-state index is -1.28. The SMILES string of the molecule is CCOC(=O)CN(CC)C(=O)NC(CCC(N)=O)C(=O)O. The van der Waals surface area contributed by atoms with Gasteiger partial charge in [0, 0.05) is 13.0 Å². The topological polar surface area (TPSA) is 139 Å². The van der Waals surface area contributed by atoms with Crippen LogP contribution < -0.4 is 11.1 Å². The number of likely N-dealkylation sites (N-methyl/N-ethyl adjacent to an activating group) is 1. The number of carbonyl (C=O) groups excluding carboxylic acids is 3. The molecule has 0 saturated carbocycles. The van der Waals surface area contributed by atoms with E-state index in [2.05, 4.69) is 5.32 Å². The van der Waals surface area contributed by atoms with Crippen LogP contribution in [0.3, 0.4) is 0 Å². The number of amides is 3. The van der Waals surface area contributed by atoms with E-state index in [1.165, 1.54) is 0 Å². The number of rotatable bonds is 9. The Hall–Kier alpha value is -2.32. The summed E-state index contributed by atoms with van der Waals surface area (Å²) < 4.78 is 4.72. The Bertz CT molecular complexity index is 398. The van der Waals surface area contributed by atoms with E-state index in [0.717, 1.165) is 4.90 Å². The monoisotopic (exact) mass is 303 g/mol. The summed E-state index contributed by atoms with van der Waals surface area (Å²) in [5.41, 5.74) is 4.94. The van der Waals surface area contributed by atoms with E-state index in [0.29, 0.717) is 0 Å². The lowest BCUT2D eigenvalue weighted by molar-refractivity contribution is -0.143. The van der Waals surface area contributed by atoms with E-state index >= 15 is 0 Å². The zero-order valence-corrected chi connectivity index (χ0v) is 12.1. The number of carboxylic acid groups (broad SMARTS) is 1. The molecule has 0 fully saturated rings. The van der Waals surface area contributed by atoms with Gasteiger partial charge >= 0.3 is 18.0 Å². The third-order valence-corrected chi connectivity index (χ3v) is 2.57. The van der Waals surface area contributed by atoms with Crippen LogP contribution in [-0.4, -0.2) is 59.6 Å². The zero-order chi connectivity index (χ0) is 16.4. The first kappa shape index (κ1) is 18.7. The molecule has 4 N–H and O–H groups in total. The minimum Gasteiger partial charge on any atom is -0.480 e. The Labute approximate surface area is 122 Å². The van der Waals surface area contributed by atoms with E-state index in [4.69, 9.17) is 15.6 Å². The van der Waals surface area contributed by atoms with E-state index in [9.17, 15) is 19.2 Å². The number of hydrogen-bond acceptors (Lipinski definition) is 5. The summed E-state index contributed by atoms with van der Waals surface area (Å²) in [6, 6.07) is -1.97. The van der Waals surface area contributed by atoms with Crippen LogP contribution in [0.1, 0.15) is 26.7 Å². The molecule has 0 aromatic heterocycles. The first-order chi connectivity index (χ1) is 9.81. The van der Waals surface area contributed by atoms with Crippen LogP contribution >= 0.6 is 0 Å². The molecular weight excluding hydrogens is 282 g/mol. The van der Waals surface area contributed by atoms with Gasteiger partial charge in [-0.25, -0.2) is 9.59 Å². The Kier molecular flexibility index (Phi) is 8.51. The minimum absolute atomic E-state index is 0.118. The number of hydrogen-bond donors (Lipinski definition) is 3. The molecule has 0 spiro atoms. The standard InChI is InChI=1S/C12H21N3O6/c1-3-15(7-10(17)21-4-2)12(20)14-8(11(18)19)5-6-9(13)16/h8H,3-7H2,1-2H3,(H2,13,16)(H,14,20)(H,18,19). The molecular formula is C12H21N3O6. The van der Waals surface area contributed by atoms with Gasteiger partial charge in [-0.2, -0.15) is 0 Å². The molecule has 120 valence electrons. The summed E-state index contributed by atoms with van der Waals surface area (Å²) in [6.07, 6.45) is -0.283. The highest BCUT2D eigenvalue weighted by atomic mass is 16.5. The van der Waals surface area contributed by atoms with Crippen molar-refractivity contribution in [3.63, 3.8) is 0 Å². The maximum absolute atomic E-state index is 11.9. The molecule has 0 aromatic carbocycles. The van der Waals surface area contributed by atoms with Gasteiger partial charge in [-0.05, 0) is 20.3 Å². The van der Waals surface area contributed by atoms with E-state index in [-0.39, 0.29) is 32.5 Å². The molecule has 0 radical (unpaired) electrons. The second-order valence-electron chi connectivity index (χ2n) is 4.16. The number of carbonyl (C=O) groups is 4. The highest BCUT2D eigenvalue weighted by molar-refractivity contribution is 5.85. The number of nitrogens with two attached hydrogens (primary N) is 1. The molecule has 1 unspecified atom stereocenters. The van der Waals surface area contributed by atoms with Crippen LogP contribution in [-0.2, 0) is 19.1 Å². The summed E-state index contributed by atoms with van der Waals surface area (Å²) in [5.74, 6) is -2.52. The van der Waals surface area contributed by atoms with Crippen molar-refractivity contribution in [2.24, 2.45) is 5.73 Å². The largest absolute Gasteiger partial charge is 0.480 e. The summed E-state index contributed by atoms with van der Waals surface area (Å²) >= 11 is 0. The number of esters is 1. The zero-order valence-electron chi connectivity index (χ0n) is 12.1. The molecule has 0 rings (SSSR count). The number of carboxylic acids is 1. The molecule has 0 saturated heterocycles. The van der Waals surface area contributed by atoms with Gasteiger partial charge in [0.1, 0.15) is 12.6 Å². The van der Waals surface area contributed by atoms with Crippen LogP contribution in [0.15, 0.2) is 0 Å². The third-order valence-electron chi connectivity index (χ3n) is 2.57. The van der Waals surface area contributed by atoms with Gasteiger partial charge in [-0.3, -0.25) is 9.59 Å². The lowest BCUT2D eigenvalue weighted by Crippen LogP contribution is -2.49. The van der Waals surface area contributed by atoms with Gasteiger partial charge in [0.05, 0.1) is 6.61 Å². The quantitative estimate of drug-likeness (QED) is 0.481. The molecule has 0 bridgehead atoms. The van der Waals surface area contributed by atoms with Gasteiger partial charge in [0.25, 0.3) is 0 Å². The van der Waals surface area contributed by atoms with Gasteiger partial charge < -0.3 is 25.8 Å². The summed E-state index contributed by atoms with van der Waals surface area (Å²) in [6.45, 7) is 3.38. The molecule has 9 heteroatoms. The van der Waals surface area contributed by atoms with Gasteiger partial charge in [0.2, 0.25) is 5.91 Å². The van der Waals surface area contributed by atoms with Crippen molar-refractivity contribution in [2.75, 3.05) is 19.7 Å². The van der Waals surface area contributed by atoms with Crippen molar-refractivity contribution in [3.05, 3.63) is 0 Å². The van der Waals surface area contributed by atoms with Crippen molar-refractivity contribution < 1.29 is 29.0 Å². The molecule has 21 heavy (non-hydrogen) atoms. The lowest BCUT2D eigenvalue weighted by atomic mass is 10.1. The fourth-order valence-electron chi connectivity index (χ4n) is 1.47. The molecule has 0 aromatic rings. The Morgan fingerprint density at radius 2 is 1.90 bits per heavy atom. The predicted octanol–water partition coefficient (Wildman–Crippen LogP) is -0.700. The second-order valence-corrected chi connectivity index (χ2v) is 4.16. The number of urea groups is 1. The number of aliphatic carboxylic acids is 1. The average molecular weight is 303 g/mol. The van der Waals surface area contributed by atoms with E-state index in [1.54, 1.807) is 13.8 Å². The highest BCUT2D eigenvalue weighted by Crippen LogP contribution is 2.00. The molecule has 1 atom stereocenters. The first-order valence-corrected chi connectivity index (χ1v) is 6.53. The highest BCUT2D eigenvalue weighted by Gasteiger charge is 2.24. The molecule has 0 aliphatic carbocycles. The van der Waals surface area contributed by atoms with E-state index in [1.807, 2.05) is 0 Å². The number of ether oxygens (including phenoxy) is 1. The van der Waals surface area contributed by atoms with Gasteiger partial charge in [-0.1, -0.05) is 0 Å². The Morgan fingerprint density at radius 3 is 2.33 bits per heavy atom. The molecule has 0 aliphatic rings. The maximum atomic E-state index is 11.9. The van der Waals surface area contributed by atoms with Gasteiger partial charge in [-0.15, -0.1) is 0 Å². The maximum Gasteiger partial charge on any atom is 0.326 e. The summed E-state index contributed by atoms with van der Waals surface area (Å²) in [7, 11) is 0. The van der Waals surface area contributed by atoms with Crippen LogP contribution in [0, 0.1) is 0 Å². The number of nitrogens with zero attached hydrogens (tertiary/aromatic N) is 1. The third kappa shape index (κ3) is 7.75. The van der Waals surface area contributed by atoms with E-state index < -0.39 is 29.9 Å². The van der Waals surface area contributed by atoms with Crippen molar-refractivity contribution in [2.45, 2.75) is 32.7 Å². The van der Waals surface area contributed by atoms with Crippen LogP contribution in [0.5, 0.6) is 0 Å². The number of nitrogens with one attached hydrogen (secondary N) is 1. The fraction of sp³-hybridized carbons (Fsp3) is 0.667. The second kappa shape index (κ2) is 9.56. The van der Waals surface area contributed by atoms with Gasteiger partial charge in [0.15, 0.2) is 0 Å². The van der Waals surface area contributed by atoms with Crippen molar-refractivity contribution in [3.8, 4) is 0 Å². The Morgan fingerprint density at radius 1 is 1.29 bits per heavy atom. The predicted molar refractivity (Wildman–Crippen MR) is 72.3 cm³/mol. The molecule has 0 heterocycles. The Balaban J connectivity index is 4.59. The van der Waals surface area contributed by atoms with Crippen molar-refractivity contribution in [1.29, 1.82) is 0 Å². The van der Waals surface area contributed by atoms with Crippen molar-refractivity contribution in [1.82, 2.24) is 10.2 Å². The van der Waals surface area contributed by atoms with Crippen LogP contribution in [0.4, 0.5) is 4.79 Å². The normalized spacial score (nSPS) is 11.3. The van der Waals surface area contributed by atoms with Crippen molar-refractivity contribution >= 4 is 23.9 Å². The molecule has 3 amide bonds. The molecule has 9 nitrogen and oxygen atoms in total. The van der Waals surface area contributed by atoms with Crippen LogP contribution in [0.25, 0.3) is 0 Å². The number of primary amides is 1. The smallest absolute Gasteiger partial charge is 0.326 e. The fourth-order valence-corrected chi connectivity index (χ4v) is 1.47. The molecule has 0 aliphatic heterocycles. The lowest BCUT2D eigenvalue weighted by Gasteiger charge is -2.23. The summed E-state index contributed by atoms with van der Waals surface area (Å²) in [5, 5.41) is 11.2. The average Bonchev–Trinajstić information content (AvgIpc) is 2.40. The first-order valence-electron chi connectivity index (χ1n) is 6.53.